The van der Waals surface area contributed by atoms with Gasteiger partial charge in [-0.1, -0.05) is 0 Å². The maximum Gasteiger partial charge on any atom is 0.348 e. The predicted molar refractivity (Wildman–Crippen MR) is 85.0 cm³/mol. The van der Waals surface area contributed by atoms with Gasteiger partial charge in [-0.15, -0.1) is 0 Å². The Morgan fingerprint density at radius 3 is 3.04 bits per heavy atom. The third-order valence-electron chi connectivity index (χ3n) is 4.30. The van der Waals surface area contributed by atoms with Crippen LogP contribution >= 0.6 is 0 Å². The fraction of sp³-hybridized carbons (Fsp3) is 0.500. The van der Waals surface area contributed by atoms with Gasteiger partial charge in [0.05, 0.1) is 0 Å². The van der Waals surface area contributed by atoms with Crippen molar-refractivity contribution in [1.82, 2.24) is 24.6 Å². The van der Waals surface area contributed by atoms with Crippen molar-refractivity contribution in [2.24, 2.45) is 5.92 Å². The normalized spacial score (nSPS) is 16.9. The molecule has 2 aromatic rings. The quantitative estimate of drug-likeness (QED) is 0.887. The van der Waals surface area contributed by atoms with Crippen LogP contribution in [-0.4, -0.2) is 31.8 Å². The molecule has 1 amide bonds. The summed E-state index contributed by atoms with van der Waals surface area (Å²) in [5.74, 6) is 0.0244. The molecule has 1 aliphatic rings. The lowest BCUT2D eigenvalue weighted by molar-refractivity contribution is -0.125. The Labute approximate surface area is 134 Å². The average Bonchev–Trinajstić information content (AvgIpc) is 2.97. The van der Waals surface area contributed by atoms with Gasteiger partial charge in [0, 0.05) is 55.3 Å². The molecule has 1 unspecified atom stereocenters. The van der Waals surface area contributed by atoms with Crippen LogP contribution in [0.1, 0.15) is 23.5 Å². The van der Waals surface area contributed by atoms with Crippen molar-refractivity contribution in [3.05, 3.63) is 45.9 Å². The first kappa shape index (κ1) is 15.5. The van der Waals surface area contributed by atoms with Crippen molar-refractivity contribution in [2.75, 3.05) is 6.54 Å². The van der Waals surface area contributed by atoms with Gasteiger partial charge >= 0.3 is 5.69 Å². The second kappa shape index (κ2) is 6.36. The molecule has 0 aliphatic carbocycles. The van der Waals surface area contributed by atoms with Gasteiger partial charge in [0.1, 0.15) is 0 Å². The molecule has 7 nitrogen and oxygen atoms in total. The average molecular weight is 315 g/mol. The smallest absolute Gasteiger partial charge is 0.348 e. The largest absolute Gasteiger partial charge is 0.354 e. The molecule has 0 bridgehead atoms. The summed E-state index contributed by atoms with van der Waals surface area (Å²) in [5, 5.41) is 7.16. The number of hydrogen-bond donors (Lipinski definition) is 1. The Morgan fingerprint density at radius 2 is 2.26 bits per heavy atom. The number of nitrogens with one attached hydrogen (secondary N) is 1. The van der Waals surface area contributed by atoms with Crippen molar-refractivity contribution >= 4 is 5.91 Å². The van der Waals surface area contributed by atoms with Gasteiger partial charge in [0.2, 0.25) is 5.91 Å². The molecule has 3 rings (SSSR count). The predicted octanol–water partition coefficient (Wildman–Crippen LogP) is 0.435. The molecule has 0 fully saturated rings. The van der Waals surface area contributed by atoms with Crippen LogP contribution in [0.3, 0.4) is 0 Å². The van der Waals surface area contributed by atoms with E-state index in [1.807, 2.05) is 23.7 Å². The Bertz CT molecular complexity index is 777. The number of aromatic nitrogens is 4. The molecular weight excluding hydrogens is 294 g/mol. The van der Waals surface area contributed by atoms with Crippen molar-refractivity contribution < 1.29 is 4.79 Å². The summed E-state index contributed by atoms with van der Waals surface area (Å²) in [5.41, 5.74) is 2.41. The number of carbonyl (C=O) groups excluding carboxylic acids is 1. The highest BCUT2D eigenvalue weighted by Crippen LogP contribution is 2.19. The molecular formula is C16H21N5O2. The van der Waals surface area contributed by atoms with Crippen LogP contribution in [0.4, 0.5) is 0 Å². The molecule has 0 radical (unpaired) electrons. The fourth-order valence-electron chi connectivity index (χ4n) is 3.07. The molecule has 0 saturated heterocycles. The van der Waals surface area contributed by atoms with Gasteiger partial charge in [0.15, 0.2) is 0 Å². The monoisotopic (exact) mass is 315 g/mol. The Hall–Kier alpha value is -2.44. The number of fused-ring (bicyclic) bond motifs is 1. The van der Waals surface area contributed by atoms with Gasteiger partial charge in [-0.2, -0.15) is 10.1 Å². The number of aryl methyl sites for hydroxylation is 3. The zero-order valence-corrected chi connectivity index (χ0v) is 13.5. The summed E-state index contributed by atoms with van der Waals surface area (Å²) >= 11 is 0. The van der Waals surface area contributed by atoms with E-state index in [1.165, 1.54) is 0 Å². The lowest BCUT2D eigenvalue weighted by atomic mass is 9.95. The number of amides is 1. The molecule has 23 heavy (non-hydrogen) atoms. The highest BCUT2D eigenvalue weighted by molar-refractivity contribution is 5.79. The topological polar surface area (TPSA) is 81.8 Å². The first-order chi connectivity index (χ1) is 11.0. The van der Waals surface area contributed by atoms with Gasteiger partial charge in [-0.3, -0.25) is 14.0 Å². The maximum atomic E-state index is 12.3. The van der Waals surface area contributed by atoms with Crippen LogP contribution in [0.25, 0.3) is 0 Å². The van der Waals surface area contributed by atoms with E-state index >= 15 is 0 Å². The summed E-state index contributed by atoms with van der Waals surface area (Å²) in [4.78, 5) is 28.1. The highest BCUT2D eigenvalue weighted by Gasteiger charge is 2.24. The Morgan fingerprint density at radius 1 is 1.43 bits per heavy atom. The fourth-order valence-corrected chi connectivity index (χ4v) is 3.07. The number of carbonyl (C=O) groups is 1. The molecule has 0 spiro atoms. The highest BCUT2D eigenvalue weighted by atomic mass is 16.2. The van der Waals surface area contributed by atoms with Crippen molar-refractivity contribution in [3.8, 4) is 0 Å². The Balaban J connectivity index is 1.55. The lowest BCUT2D eigenvalue weighted by Crippen LogP contribution is -2.38. The van der Waals surface area contributed by atoms with E-state index in [1.54, 1.807) is 17.7 Å². The van der Waals surface area contributed by atoms with Gasteiger partial charge < -0.3 is 5.32 Å². The third kappa shape index (κ3) is 3.33. The molecule has 7 heteroatoms. The Kier molecular flexibility index (Phi) is 4.27. The van der Waals surface area contributed by atoms with E-state index < -0.39 is 0 Å². The molecule has 2 aromatic heterocycles. The van der Waals surface area contributed by atoms with Crippen molar-refractivity contribution in [2.45, 2.75) is 39.8 Å². The van der Waals surface area contributed by atoms with Crippen molar-refractivity contribution in [3.63, 3.8) is 0 Å². The molecule has 1 atom stereocenters. The number of rotatable bonds is 4. The van der Waals surface area contributed by atoms with Crippen LogP contribution in [0.2, 0.25) is 0 Å². The number of hydrogen-bond acceptors (Lipinski definition) is 4. The van der Waals surface area contributed by atoms with Gasteiger partial charge in [-0.25, -0.2) is 4.79 Å². The van der Waals surface area contributed by atoms with E-state index in [0.717, 1.165) is 30.8 Å². The van der Waals surface area contributed by atoms with Gasteiger partial charge in [-0.05, 0) is 32.4 Å². The first-order valence-electron chi connectivity index (χ1n) is 7.88. The van der Waals surface area contributed by atoms with E-state index in [2.05, 4.69) is 15.4 Å². The van der Waals surface area contributed by atoms with E-state index in [0.29, 0.717) is 18.8 Å². The second-order valence-electron chi connectivity index (χ2n) is 6.00. The summed E-state index contributed by atoms with van der Waals surface area (Å²) < 4.78 is 3.54. The first-order valence-corrected chi connectivity index (χ1v) is 7.88. The summed E-state index contributed by atoms with van der Waals surface area (Å²) in [6, 6.07) is 3.83. The standard InChI is InChI=1S/C16H21N5O2/c1-11-9-12(2)20(16(23)19-11)8-6-17-15(22)13-4-7-21-14(10-13)3-5-18-21/h3,5,9,13H,4,6-8,10H2,1-2H3,(H,17,22). The molecule has 1 N–H and O–H groups in total. The minimum Gasteiger partial charge on any atom is -0.354 e. The summed E-state index contributed by atoms with van der Waals surface area (Å²) in [7, 11) is 0. The van der Waals surface area contributed by atoms with Crippen LogP contribution < -0.4 is 11.0 Å². The van der Waals surface area contributed by atoms with Crippen LogP contribution in [0.15, 0.2) is 23.1 Å². The van der Waals surface area contributed by atoms with E-state index in [9.17, 15) is 9.59 Å². The SMILES string of the molecule is Cc1cc(C)n(CCNC(=O)C2CCn3nccc3C2)c(=O)n1. The van der Waals surface area contributed by atoms with Crippen LogP contribution in [0, 0.1) is 19.8 Å². The maximum absolute atomic E-state index is 12.3. The molecule has 3 heterocycles. The second-order valence-corrected chi connectivity index (χ2v) is 6.00. The zero-order valence-electron chi connectivity index (χ0n) is 13.5. The molecule has 0 saturated carbocycles. The van der Waals surface area contributed by atoms with E-state index in [4.69, 9.17) is 0 Å². The molecule has 122 valence electrons. The third-order valence-corrected chi connectivity index (χ3v) is 4.30. The van der Waals surface area contributed by atoms with Crippen LogP contribution in [0.5, 0.6) is 0 Å². The molecule has 1 aliphatic heterocycles. The number of nitrogens with zero attached hydrogens (tertiary/aromatic N) is 4. The molecule has 0 aromatic carbocycles. The van der Waals surface area contributed by atoms with Gasteiger partial charge in [0.25, 0.3) is 0 Å². The summed E-state index contributed by atoms with van der Waals surface area (Å²) in [6.45, 7) is 5.32. The van der Waals surface area contributed by atoms with Crippen molar-refractivity contribution in [1.29, 1.82) is 0 Å². The lowest BCUT2D eigenvalue weighted by Gasteiger charge is -2.22. The minimum atomic E-state index is -0.265. The minimum absolute atomic E-state index is 0.0202. The summed E-state index contributed by atoms with van der Waals surface area (Å²) in [6.07, 6.45) is 3.29. The van der Waals surface area contributed by atoms with E-state index in [-0.39, 0.29) is 17.5 Å². The van der Waals surface area contributed by atoms with Crippen LogP contribution in [-0.2, 0) is 24.3 Å². The zero-order chi connectivity index (χ0) is 16.4.